The summed E-state index contributed by atoms with van der Waals surface area (Å²) in [6, 6.07) is 9.11. The highest BCUT2D eigenvalue weighted by Crippen LogP contribution is 2.38. The summed E-state index contributed by atoms with van der Waals surface area (Å²) in [4.78, 5) is 4.48. The summed E-state index contributed by atoms with van der Waals surface area (Å²) in [6.07, 6.45) is 1.87. The molecule has 0 bridgehead atoms. The van der Waals surface area contributed by atoms with Gasteiger partial charge in [0.15, 0.2) is 17.3 Å². The lowest BCUT2D eigenvalue weighted by Crippen LogP contribution is -2.11. The molecule has 0 amide bonds. The zero-order valence-corrected chi connectivity index (χ0v) is 19.8. The SMILES string of the molecule is COc1cc(CN/C(C)=C/c2nsc(Nc3ccc(Cl)c(Cl)c3)n2)cc(OC)c1OC. The van der Waals surface area contributed by atoms with Crippen molar-refractivity contribution in [2.45, 2.75) is 13.5 Å². The highest BCUT2D eigenvalue weighted by atomic mass is 35.5. The van der Waals surface area contributed by atoms with Crippen molar-refractivity contribution in [3.05, 3.63) is 57.5 Å². The van der Waals surface area contributed by atoms with Crippen LogP contribution in [0.2, 0.25) is 10.0 Å². The molecule has 10 heteroatoms. The second-order valence-corrected chi connectivity index (χ2v) is 7.99. The summed E-state index contributed by atoms with van der Waals surface area (Å²) < 4.78 is 20.5. The number of nitrogens with one attached hydrogen (secondary N) is 2. The highest BCUT2D eigenvalue weighted by Gasteiger charge is 2.13. The molecule has 0 aliphatic heterocycles. The van der Waals surface area contributed by atoms with Crippen LogP contribution in [0.3, 0.4) is 0 Å². The molecule has 0 atom stereocenters. The lowest BCUT2D eigenvalue weighted by Gasteiger charge is -2.14. The number of methoxy groups -OCH3 is 3. The van der Waals surface area contributed by atoms with E-state index in [9.17, 15) is 0 Å². The minimum Gasteiger partial charge on any atom is -0.493 e. The van der Waals surface area contributed by atoms with Gasteiger partial charge in [0.1, 0.15) is 0 Å². The van der Waals surface area contributed by atoms with Gasteiger partial charge >= 0.3 is 0 Å². The number of aromatic nitrogens is 2. The monoisotopic (exact) mass is 480 g/mol. The Balaban J connectivity index is 1.65. The van der Waals surface area contributed by atoms with Gasteiger partial charge < -0.3 is 24.8 Å². The number of hydrogen-bond donors (Lipinski definition) is 2. The van der Waals surface area contributed by atoms with Crippen molar-refractivity contribution >= 4 is 51.6 Å². The molecule has 0 aliphatic carbocycles. The van der Waals surface area contributed by atoms with E-state index >= 15 is 0 Å². The van der Waals surface area contributed by atoms with Gasteiger partial charge in [0.2, 0.25) is 10.9 Å². The summed E-state index contributed by atoms with van der Waals surface area (Å²) in [5.41, 5.74) is 2.68. The molecule has 0 aliphatic rings. The van der Waals surface area contributed by atoms with E-state index in [1.807, 2.05) is 31.2 Å². The number of rotatable bonds is 9. The van der Waals surface area contributed by atoms with E-state index in [0.717, 1.165) is 16.9 Å². The van der Waals surface area contributed by atoms with Crippen LogP contribution in [0.5, 0.6) is 17.2 Å². The Morgan fingerprint density at radius 2 is 1.74 bits per heavy atom. The summed E-state index contributed by atoms with van der Waals surface area (Å²) in [7, 11) is 4.77. The van der Waals surface area contributed by atoms with Crippen LogP contribution in [-0.4, -0.2) is 30.7 Å². The number of ether oxygens (including phenoxy) is 3. The van der Waals surface area contributed by atoms with E-state index in [1.165, 1.54) is 11.5 Å². The fourth-order valence-corrected chi connectivity index (χ4v) is 3.63. The Bertz CT molecular complexity index is 1060. The van der Waals surface area contributed by atoms with Crippen LogP contribution in [0.15, 0.2) is 36.0 Å². The van der Waals surface area contributed by atoms with E-state index in [2.05, 4.69) is 20.0 Å². The third kappa shape index (κ3) is 5.94. The van der Waals surface area contributed by atoms with Gasteiger partial charge in [-0.15, -0.1) is 0 Å². The van der Waals surface area contributed by atoms with Crippen molar-refractivity contribution in [3.8, 4) is 17.2 Å². The summed E-state index contributed by atoms with van der Waals surface area (Å²) in [6.45, 7) is 2.52. The number of allylic oxidation sites excluding steroid dienone is 1. The Morgan fingerprint density at radius 3 is 2.35 bits per heavy atom. The van der Waals surface area contributed by atoms with E-state index in [1.54, 1.807) is 33.5 Å². The van der Waals surface area contributed by atoms with Crippen molar-refractivity contribution < 1.29 is 14.2 Å². The largest absolute Gasteiger partial charge is 0.493 e. The molecule has 2 aromatic carbocycles. The highest BCUT2D eigenvalue weighted by molar-refractivity contribution is 7.09. The van der Waals surface area contributed by atoms with Crippen LogP contribution >= 0.6 is 34.7 Å². The first-order valence-corrected chi connectivity index (χ1v) is 10.7. The first-order chi connectivity index (χ1) is 14.9. The fraction of sp³-hybridized carbons (Fsp3) is 0.238. The zero-order chi connectivity index (χ0) is 22.4. The van der Waals surface area contributed by atoms with Crippen LogP contribution in [0.25, 0.3) is 6.08 Å². The average Bonchev–Trinajstić information content (AvgIpc) is 3.20. The number of nitrogens with zero attached hydrogens (tertiary/aromatic N) is 2. The Morgan fingerprint density at radius 1 is 1.03 bits per heavy atom. The standard InChI is InChI=1S/C21H22Cl2N4O3S/c1-12(24-11-13-8-17(28-2)20(30-4)18(9-13)29-3)7-19-26-21(31-27-19)25-14-5-6-15(22)16(23)10-14/h5-10,24H,11H2,1-4H3,(H,25,26,27)/b12-7+. The van der Waals surface area contributed by atoms with Gasteiger partial charge in [0, 0.05) is 35.5 Å². The van der Waals surface area contributed by atoms with Crippen molar-refractivity contribution in [2.75, 3.05) is 26.6 Å². The fourth-order valence-electron chi connectivity index (χ4n) is 2.77. The van der Waals surface area contributed by atoms with Crippen LogP contribution in [0, 0.1) is 0 Å². The van der Waals surface area contributed by atoms with E-state index in [-0.39, 0.29) is 0 Å². The van der Waals surface area contributed by atoms with Crippen molar-refractivity contribution in [3.63, 3.8) is 0 Å². The lowest BCUT2D eigenvalue weighted by atomic mass is 10.1. The van der Waals surface area contributed by atoms with Gasteiger partial charge in [-0.05, 0) is 42.8 Å². The molecule has 1 aromatic heterocycles. The number of halogens is 2. The Kier molecular flexibility index (Phi) is 7.84. The molecule has 1 heterocycles. The molecule has 164 valence electrons. The van der Waals surface area contributed by atoms with E-state index in [4.69, 9.17) is 37.4 Å². The zero-order valence-electron chi connectivity index (χ0n) is 17.5. The van der Waals surface area contributed by atoms with E-state index < -0.39 is 0 Å². The second-order valence-electron chi connectivity index (χ2n) is 6.43. The third-order valence-electron chi connectivity index (χ3n) is 4.25. The predicted molar refractivity (Wildman–Crippen MR) is 126 cm³/mol. The minimum atomic E-state index is 0.475. The normalized spacial score (nSPS) is 11.2. The summed E-state index contributed by atoms with van der Waals surface area (Å²) >= 11 is 13.3. The predicted octanol–water partition coefficient (Wildman–Crippen LogP) is 5.76. The summed E-state index contributed by atoms with van der Waals surface area (Å²) in [5, 5.41) is 8.15. The second kappa shape index (κ2) is 10.6. The molecule has 3 aromatic rings. The van der Waals surface area contributed by atoms with Gasteiger partial charge in [-0.2, -0.15) is 9.36 Å². The van der Waals surface area contributed by atoms with Crippen molar-refractivity contribution in [1.82, 2.24) is 14.7 Å². The van der Waals surface area contributed by atoms with Gasteiger partial charge in [-0.1, -0.05) is 23.2 Å². The molecular formula is C21H22Cl2N4O3S. The number of benzene rings is 2. The quantitative estimate of drug-likeness (QED) is 0.402. The maximum absolute atomic E-state index is 6.05. The smallest absolute Gasteiger partial charge is 0.207 e. The molecular weight excluding hydrogens is 459 g/mol. The molecule has 31 heavy (non-hydrogen) atoms. The van der Waals surface area contributed by atoms with Crippen LogP contribution in [-0.2, 0) is 6.54 Å². The van der Waals surface area contributed by atoms with Crippen molar-refractivity contribution in [1.29, 1.82) is 0 Å². The average molecular weight is 481 g/mol. The molecule has 7 nitrogen and oxygen atoms in total. The third-order valence-corrected chi connectivity index (χ3v) is 5.64. The van der Waals surface area contributed by atoms with Gasteiger partial charge in [-0.3, -0.25) is 0 Å². The molecule has 0 radical (unpaired) electrons. The van der Waals surface area contributed by atoms with Crippen molar-refractivity contribution in [2.24, 2.45) is 0 Å². The van der Waals surface area contributed by atoms with Gasteiger partial charge in [-0.25, -0.2) is 0 Å². The molecule has 0 saturated heterocycles. The molecule has 2 N–H and O–H groups in total. The van der Waals surface area contributed by atoms with Crippen LogP contribution < -0.4 is 24.8 Å². The Labute approximate surface area is 195 Å². The minimum absolute atomic E-state index is 0.475. The topological polar surface area (TPSA) is 77.5 Å². The van der Waals surface area contributed by atoms with Gasteiger partial charge in [0.05, 0.1) is 31.4 Å². The molecule has 3 rings (SSSR count). The molecule has 0 saturated carbocycles. The van der Waals surface area contributed by atoms with Crippen LogP contribution in [0.1, 0.15) is 18.3 Å². The lowest BCUT2D eigenvalue weighted by molar-refractivity contribution is 0.323. The number of hydrogen-bond acceptors (Lipinski definition) is 8. The molecule has 0 spiro atoms. The first-order valence-electron chi connectivity index (χ1n) is 9.20. The van der Waals surface area contributed by atoms with E-state index in [0.29, 0.717) is 44.8 Å². The maximum Gasteiger partial charge on any atom is 0.207 e. The maximum atomic E-state index is 6.05. The summed E-state index contributed by atoms with van der Waals surface area (Å²) in [5.74, 6) is 2.39. The number of anilines is 2. The molecule has 0 fully saturated rings. The molecule has 0 unspecified atom stereocenters. The van der Waals surface area contributed by atoms with Crippen LogP contribution in [0.4, 0.5) is 10.8 Å². The Hall–Kier alpha value is -2.68. The first kappa shape index (κ1) is 23.0. The van der Waals surface area contributed by atoms with Gasteiger partial charge in [0.25, 0.3) is 0 Å².